The molecule has 2 N–H and O–H groups in total. The zero-order chi connectivity index (χ0) is 10.6. The van der Waals surface area contributed by atoms with Gasteiger partial charge in [0.2, 0.25) is 5.91 Å². The van der Waals surface area contributed by atoms with E-state index in [1.165, 1.54) is 6.92 Å². The minimum absolute atomic E-state index is 0.0287. The van der Waals surface area contributed by atoms with Crippen molar-refractivity contribution in [3.63, 3.8) is 0 Å². The molecule has 1 amide bonds. The molecule has 1 rings (SSSR count). The summed E-state index contributed by atoms with van der Waals surface area (Å²) in [6, 6.07) is 0.144. The topological polar surface area (TPSA) is 66.4 Å². The molecule has 14 heavy (non-hydrogen) atoms. The Morgan fingerprint density at radius 3 is 2.36 bits per heavy atom. The average molecular weight is 199 g/mol. The van der Waals surface area contributed by atoms with Crippen molar-refractivity contribution in [1.82, 2.24) is 5.32 Å². The van der Waals surface area contributed by atoms with Crippen LogP contribution in [0.1, 0.15) is 39.0 Å². The SMILES string of the molecule is CC(=O)CC(=O)NC1CCC(O)CC1. The number of hydrogen-bond donors (Lipinski definition) is 2. The molecule has 80 valence electrons. The molecule has 1 aliphatic carbocycles. The van der Waals surface area contributed by atoms with Crippen LogP contribution in [0.5, 0.6) is 0 Å². The highest BCUT2D eigenvalue weighted by atomic mass is 16.3. The van der Waals surface area contributed by atoms with E-state index >= 15 is 0 Å². The second-order valence-corrected chi connectivity index (χ2v) is 3.95. The van der Waals surface area contributed by atoms with Gasteiger partial charge in [-0.05, 0) is 32.6 Å². The highest BCUT2D eigenvalue weighted by molar-refractivity contribution is 5.96. The number of amides is 1. The minimum Gasteiger partial charge on any atom is -0.393 e. The maximum Gasteiger partial charge on any atom is 0.227 e. The number of aliphatic hydroxyl groups is 1. The van der Waals surface area contributed by atoms with Gasteiger partial charge < -0.3 is 10.4 Å². The fourth-order valence-electron chi connectivity index (χ4n) is 1.72. The highest BCUT2D eigenvalue weighted by Crippen LogP contribution is 2.18. The van der Waals surface area contributed by atoms with Crippen molar-refractivity contribution in [1.29, 1.82) is 0 Å². The Labute approximate surface area is 83.7 Å². The van der Waals surface area contributed by atoms with Gasteiger partial charge in [0.05, 0.1) is 12.5 Å². The molecule has 0 aromatic carbocycles. The van der Waals surface area contributed by atoms with Crippen LogP contribution in [0.3, 0.4) is 0 Å². The standard InChI is InChI=1S/C10H17NO3/c1-7(12)6-10(14)11-8-2-4-9(13)5-3-8/h8-9,13H,2-6H2,1H3,(H,11,14). The van der Waals surface area contributed by atoms with E-state index in [1.807, 2.05) is 0 Å². The number of carbonyl (C=O) groups excluding carboxylic acids is 2. The Balaban J connectivity index is 2.24. The maximum absolute atomic E-state index is 11.2. The molecule has 0 atom stereocenters. The molecular weight excluding hydrogens is 182 g/mol. The molecule has 0 spiro atoms. The second-order valence-electron chi connectivity index (χ2n) is 3.95. The van der Waals surface area contributed by atoms with Crippen LogP contribution >= 0.6 is 0 Å². The van der Waals surface area contributed by atoms with Crippen LogP contribution in [0, 0.1) is 0 Å². The van der Waals surface area contributed by atoms with E-state index in [2.05, 4.69) is 5.32 Å². The molecule has 1 saturated carbocycles. The summed E-state index contributed by atoms with van der Waals surface area (Å²) in [5.41, 5.74) is 0. The van der Waals surface area contributed by atoms with Crippen LogP contribution in [0.2, 0.25) is 0 Å². The van der Waals surface area contributed by atoms with E-state index in [4.69, 9.17) is 0 Å². The first-order valence-corrected chi connectivity index (χ1v) is 5.05. The van der Waals surface area contributed by atoms with Crippen molar-refractivity contribution in [3.8, 4) is 0 Å². The molecule has 4 nitrogen and oxygen atoms in total. The largest absolute Gasteiger partial charge is 0.393 e. The van der Waals surface area contributed by atoms with Crippen LogP contribution in [0.25, 0.3) is 0 Å². The molecule has 1 aliphatic rings. The predicted molar refractivity (Wildman–Crippen MR) is 51.7 cm³/mol. The average Bonchev–Trinajstić information content (AvgIpc) is 2.07. The fourth-order valence-corrected chi connectivity index (χ4v) is 1.72. The van der Waals surface area contributed by atoms with Gasteiger partial charge in [-0.2, -0.15) is 0 Å². The fraction of sp³-hybridized carbons (Fsp3) is 0.800. The molecule has 0 unspecified atom stereocenters. The van der Waals surface area contributed by atoms with E-state index in [-0.39, 0.29) is 30.3 Å². The monoisotopic (exact) mass is 199 g/mol. The Hall–Kier alpha value is -0.900. The van der Waals surface area contributed by atoms with Crippen LogP contribution in [0.15, 0.2) is 0 Å². The van der Waals surface area contributed by atoms with Gasteiger partial charge in [0, 0.05) is 6.04 Å². The van der Waals surface area contributed by atoms with Crippen molar-refractivity contribution in [2.75, 3.05) is 0 Å². The smallest absolute Gasteiger partial charge is 0.227 e. The van der Waals surface area contributed by atoms with Crippen LogP contribution in [0.4, 0.5) is 0 Å². The summed E-state index contributed by atoms with van der Waals surface area (Å²) in [6.45, 7) is 1.41. The lowest BCUT2D eigenvalue weighted by Gasteiger charge is -2.25. The van der Waals surface area contributed by atoms with Gasteiger partial charge in [-0.25, -0.2) is 0 Å². The summed E-state index contributed by atoms with van der Waals surface area (Å²) in [6.07, 6.45) is 2.86. The van der Waals surface area contributed by atoms with Crippen molar-refractivity contribution in [3.05, 3.63) is 0 Å². The molecule has 0 aromatic heterocycles. The van der Waals surface area contributed by atoms with Gasteiger partial charge in [-0.15, -0.1) is 0 Å². The first-order chi connectivity index (χ1) is 6.58. The third-order valence-electron chi connectivity index (χ3n) is 2.47. The van der Waals surface area contributed by atoms with Crippen molar-refractivity contribution < 1.29 is 14.7 Å². The summed E-state index contributed by atoms with van der Waals surface area (Å²) in [5.74, 6) is -0.308. The summed E-state index contributed by atoms with van der Waals surface area (Å²) in [7, 11) is 0. The van der Waals surface area contributed by atoms with E-state index in [0.717, 1.165) is 25.7 Å². The lowest BCUT2D eigenvalue weighted by molar-refractivity contribution is -0.127. The molecule has 0 aromatic rings. The summed E-state index contributed by atoms with van der Waals surface area (Å²) < 4.78 is 0. The molecule has 1 fully saturated rings. The summed E-state index contributed by atoms with van der Waals surface area (Å²) in [4.78, 5) is 21.9. The second kappa shape index (κ2) is 5.10. The van der Waals surface area contributed by atoms with Crippen molar-refractivity contribution in [2.24, 2.45) is 0 Å². The van der Waals surface area contributed by atoms with Crippen LogP contribution in [-0.4, -0.2) is 28.9 Å². The Morgan fingerprint density at radius 1 is 1.29 bits per heavy atom. The predicted octanol–water partition coefficient (Wildman–Crippen LogP) is 0.385. The Bertz CT molecular complexity index is 219. The lowest BCUT2D eigenvalue weighted by Crippen LogP contribution is -2.39. The van der Waals surface area contributed by atoms with Gasteiger partial charge in [0.1, 0.15) is 5.78 Å². The maximum atomic E-state index is 11.2. The molecule has 4 heteroatoms. The van der Waals surface area contributed by atoms with Gasteiger partial charge in [-0.1, -0.05) is 0 Å². The molecule has 0 bridgehead atoms. The Kier molecular flexibility index (Phi) is 4.07. The number of carbonyl (C=O) groups is 2. The third kappa shape index (κ3) is 3.87. The van der Waals surface area contributed by atoms with E-state index in [9.17, 15) is 14.7 Å². The molecule has 0 radical (unpaired) electrons. The highest BCUT2D eigenvalue weighted by Gasteiger charge is 2.20. The first-order valence-electron chi connectivity index (χ1n) is 5.05. The normalized spacial score (nSPS) is 27.0. The summed E-state index contributed by atoms with van der Waals surface area (Å²) in [5, 5.41) is 12.0. The number of nitrogens with one attached hydrogen (secondary N) is 1. The van der Waals surface area contributed by atoms with Gasteiger partial charge in [0.25, 0.3) is 0 Å². The van der Waals surface area contributed by atoms with Crippen molar-refractivity contribution in [2.45, 2.75) is 51.2 Å². The molecule has 0 saturated heterocycles. The van der Waals surface area contributed by atoms with E-state index in [1.54, 1.807) is 0 Å². The van der Waals surface area contributed by atoms with Gasteiger partial charge in [-0.3, -0.25) is 9.59 Å². The lowest BCUT2D eigenvalue weighted by atomic mass is 9.93. The molecule has 0 heterocycles. The molecule has 0 aliphatic heterocycles. The minimum atomic E-state index is -0.212. The quantitative estimate of drug-likeness (QED) is 0.646. The van der Waals surface area contributed by atoms with Gasteiger partial charge in [0.15, 0.2) is 0 Å². The van der Waals surface area contributed by atoms with Crippen LogP contribution in [-0.2, 0) is 9.59 Å². The van der Waals surface area contributed by atoms with E-state index in [0.29, 0.717) is 0 Å². The Morgan fingerprint density at radius 2 is 1.86 bits per heavy atom. The van der Waals surface area contributed by atoms with Crippen LogP contribution < -0.4 is 5.32 Å². The third-order valence-corrected chi connectivity index (χ3v) is 2.47. The first kappa shape index (κ1) is 11.2. The number of aliphatic hydroxyl groups excluding tert-OH is 1. The van der Waals surface area contributed by atoms with E-state index < -0.39 is 0 Å². The zero-order valence-corrected chi connectivity index (χ0v) is 8.45. The summed E-state index contributed by atoms with van der Waals surface area (Å²) >= 11 is 0. The zero-order valence-electron chi connectivity index (χ0n) is 8.45. The number of Topliss-reactive ketones (excluding diaryl/α,β-unsaturated/α-hetero) is 1. The van der Waals surface area contributed by atoms with Crippen molar-refractivity contribution >= 4 is 11.7 Å². The number of ketones is 1. The van der Waals surface area contributed by atoms with Gasteiger partial charge >= 0.3 is 0 Å². The molecular formula is C10H17NO3. The number of hydrogen-bond acceptors (Lipinski definition) is 3. The number of rotatable bonds is 3.